The second-order valence-corrected chi connectivity index (χ2v) is 4.73. The van der Waals surface area contributed by atoms with E-state index in [1.165, 1.54) is 6.08 Å². The lowest BCUT2D eigenvalue weighted by Gasteiger charge is -2.12. The number of ether oxygens (including phenoxy) is 3. The van der Waals surface area contributed by atoms with Gasteiger partial charge in [-0.25, -0.2) is 0 Å². The van der Waals surface area contributed by atoms with Gasteiger partial charge in [0, 0.05) is 22.9 Å². The minimum atomic E-state index is -0.181. The highest BCUT2D eigenvalue weighted by molar-refractivity contribution is 6.10. The van der Waals surface area contributed by atoms with Crippen molar-refractivity contribution in [1.82, 2.24) is 0 Å². The summed E-state index contributed by atoms with van der Waals surface area (Å²) in [7, 11) is 4.65. The molecule has 0 amide bonds. The third kappa shape index (κ3) is 3.63. The van der Waals surface area contributed by atoms with Gasteiger partial charge >= 0.3 is 0 Å². The van der Waals surface area contributed by atoms with Crippen molar-refractivity contribution in [2.45, 2.75) is 0 Å². The van der Waals surface area contributed by atoms with Crippen LogP contribution in [0.4, 0.5) is 5.69 Å². The lowest BCUT2D eigenvalue weighted by atomic mass is 10.1. The predicted molar refractivity (Wildman–Crippen MR) is 90.3 cm³/mol. The van der Waals surface area contributed by atoms with Crippen molar-refractivity contribution in [3.63, 3.8) is 0 Å². The molecule has 0 aliphatic heterocycles. The maximum atomic E-state index is 12.3. The second kappa shape index (κ2) is 7.35. The molecular weight excluding hydrogens is 294 g/mol. The van der Waals surface area contributed by atoms with Crippen LogP contribution >= 0.6 is 0 Å². The fraction of sp³-hybridized carbons (Fsp3) is 0.167. The molecule has 0 radical (unpaired) electrons. The normalized spacial score (nSPS) is 10.6. The summed E-state index contributed by atoms with van der Waals surface area (Å²) in [4.78, 5) is 12.3. The third-order valence-electron chi connectivity index (χ3n) is 3.38. The van der Waals surface area contributed by atoms with Crippen molar-refractivity contribution in [3.8, 4) is 17.2 Å². The van der Waals surface area contributed by atoms with Gasteiger partial charge in [-0.05, 0) is 30.4 Å². The second-order valence-electron chi connectivity index (χ2n) is 4.73. The van der Waals surface area contributed by atoms with E-state index in [1.807, 2.05) is 0 Å². The van der Waals surface area contributed by atoms with E-state index in [9.17, 15) is 4.79 Å². The maximum absolute atomic E-state index is 12.3. The highest BCUT2D eigenvalue weighted by atomic mass is 16.5. The van der Waals surface area contributed by atoms with E-state index in [0.717, 1.165) is 0 Å². The highest BCUT2D eigenvalue weighted by Crippen LogP contribution is 2.35. The molecule has 2 aromatic carbocycles. The van der Waals surface area contributed by atoms with Crippen LogP contribution < -0.4 is 19.9 Å². The summed E-state index contributed by atoms with van der Waals surface area (Å²) in [5, 5.41) is 0. The zero-order valence-electron chi connectivity index (χ0n) is 13.3. The van der Waals surface area contributed by atoms with Gasteiger partial charge < -0.3 is 19.9 Å². The van der Waals surface area contributed by atoms with Gasteiger partial charge in [0.05, 0.1) is 21.3 Å². The molecule has 0 unspecified atom stereocenters. The zero-order valence-corrected chi connectivity index (χ0v) is 13.3. The quantitative estimate of drug-likeness (QED) is 0.504. The van der Waals surface area contributed by atoms with Crippen LogP contribution in [0.2, 0.25) is 0 Å². The fourth-order valence-electron chi connectivity index (χ4n) is 2.16. The number of ketones is 1. The number of anilines is 1. The number of para-hydroxylation sites is 1. The predicted octanol–water partition coefficient (Wildman–Crippen LogP) is 3.19. The number of allylic oxidation sites excluding steroid dienone is 1. The average molecular weight is 313 g/mol. The van der Waals surface area contributed by atoms with E-state index in [1.54, 1.807) is 63.8 Å². The van der Waals surface area contributed by atoms with Crippen molar-refractivity contribution >= 4 is 17.5 Å². The molecule has 5 nitrogen and oxygen atoms in total. The molecule has 0 saturated carbocycles. The molecule has 0 aliphatic rings. The molecule has 0 bridgehead atoms. The monoisotopic (exact) mass is 313 g/mol. The number of hydrogen-bond acceptors (Lipinski definition) is 5. The van der Waals surface area contributed by atoms with Gasteiger partial charge in [-0.15, -0.1) is 0 Å². The average Bonchev–Trinajstić information content (AvgIpc) is 2.59. The minimum Gasteiger partial charge on any atom is -0.496 e. The van der Waals surface area contributed by atoms with Crippen LogP contribution in [0.5, 0.6) is 17.2 Å². The van der Waals surface area contributed by atoms with Crippen LogP contribution in [0, 0.1) is 0 Å². The Balaban J connectivity index is 2.35. The Hall–Kier alpha value is -2.95. The van der Waals surface area contributed by atoms with Crippen LogP contribution in [0.3, 0.4) is 0 Å². The molecule has 5 heteroatoms. The Morgan fingerprint density at radius 3 is 2.17 bits per heavy atom. The van der Waals surface area contributed by atoms with Crippen molar-refractivity contribution in [2.24, 2.45) is 0 Å². The Labute approximate surface area is 135 Å². The molecule has 2 rings (SSSR count). The molecule has 2 aromatic rings. The molecular formula is C18H19NO4. The number of methoxy groups -OCH3 is 3. The molecule has 0 aliphatic carbocycles. The molecule has 0 aromatic heterocycles. The standard InChI is InChI=1S/C18H19NO4/c1-21-16-11-18(23-3)17(22-2)10-12(16)8-9-15(20)13-6-4-5-7-14(13)19/h4-11H,19H2,1-3H3/b9-8+. The first kappa shape index (κ1) is 16.4. The molecule has 0 saturated heterocycles. The lowest BCUT2D eigenvalue weighted by Crippen LogP contribution is -2.00. The summed E-state index contributed by atoms with van der Waals surface area (Å²) in [6.45, 7) is 0. The summed E-state index contributed by atoms with van der Waals surface area (Å²) in [5.74, 6) is 1.51. The van der Waals surface area contributed by atoms with E-state index in [2.05, 4.69) is 0 Å². The number of hydrogen-bond donors (Lipinski definition) is 1. The first-order chi connectivity index (χ1) is 11.1. The van der Waals surface area contributed by atoms with Gasteiger partial charge in [-0.1, -0.05) is 12.1 Å². The Morgan fingerprint density at radius 2 is 1.57 bits per heavy atom. The first-order valence-electron chi connectivity index (χ1n) is 6.97. The summed E-state index contributed by atoms with van der Waals surface area (Å²) in [6.07, 6.45) is 3.12. The summed E-state index contributed by atoms with van der Waals surface area (Å²) < 4.78 is 15.8. The molecule has 2 N–H and O–H groups in total. The molecule has 23 heavy (non-hydrogen) atoms. The Bertz CT molecular complexity index is 738. The lowest BCUT2D eigenvalue weighted by molar-refractivity contribution is 0.104. The van der Waals surface area contributed by atoms with Crippen LogP contribution in [-0.2, 0) is 0 Å². The maximum Gasteiger partial charge on any atom is 0.187 e. The van der Waals surface area contributed by atoms with Crippen LogP contribution in [-0.4, -0.2) is 27.1 Å². The van der Waals surface area contributed by atoms with Gasteiger partial charge in [0.15, 0.2) is 17.3 Å². The van der Waals surface area contributed by atoms with Gasteiger partial charge in [0.2, 0.25) is 0 Å². The number of nitrogen functional groups attached to an aromatic ring is 1. The number of rotatable bonds is 6. The molecule has 0 fully saturated rings. The number of nitrogens with two attached hydrogens (primary N) is 1. The summed E-state index contributed by atoms with van der Waals surface area (Å²) >= 11 is 0. The summed E-state index contributed by atoms with van der Waals surface area (Å²) in [6, 6.07) is 10.4. The molecule has 0 spiro atoms. The smallest absolute Gasteiger partial charge is 0.187 e. The number of carbonyl (C=O) groups excluding carboxylic acids is 1. The first-order valence-corrected chi connectivity index (χ1v) is 6.97. The van der Waals surface area contributed by atoms with Crippen LogP contribution in [0.15, 0.2) is 42.5 Å². The number of benzene rings is 2. The van der Waals surface area contributed by atoms with Gasteiger partial charge in [-0.2, -0.15) is 0 Å². The minimum absolute atomic E-state index is 0.181. The van der Waals surface area contributed by atoms with Crippen molar-refractivity contribution < 1.29 is 19.0 Å². The van der Waals surface area contributed by atoms with E-state index < -0.39 is 0 Å². The summed E-state index contributed by atoms with van der Waals surface area (Å²) in [5.41, 5.74) is 7.42. The van der Waals surface area contributed by atoms with E-state index in [4.69, 9.17) is 19.9 Å². The highest BCUT2D eigenvalue weighted by Gasteiger charge is 2.11. The Kier molecular flexibility index (Phi) is 5.25. The molecule has 0 atom stereocenters. The van der Waals surface area contributed by atoms with E-state index in [0.29, 0.717) is 34.1 Å². The molecule has 0 heterocycles. The van der Waals surface area contributed by atoms with Crippen molar-refractivity contribution in [3.05, 3.63) is 53.6 Å². The molecule has 120 valence electrons. The topological polar surface area (TPSA) is 70.8 Å². The SMILES string of the molecule is COc1cc(OC)c(OC)cc1/C=C/C(=O)c1ccccc1N. The number of carbonyl (C=O) groups is 1. The van der Waals surface area contributed by atoms with E-state index >= 15 is 0 Å². The van der Waals surface area contributed by atoms with Crippen LogP contribution in [0.1, 0.15) is 15.9 Å². The van der Waals surface area contributed by atoms with Crippen LogP contribution in [0.25, 0.3) is 6.08 Å². The van der Waals surface area contributed by atoms with Gasteiger partial charge in [-0.3, -0.25) is 4.79 Å². The van der Waals surface area contributed by atoms with E-state index in [-0.39, 0.29) is 5.78 Å². The largest absolute Gasteiger partial charge is 0.496 e. The fourth-order valence-corrected chi connectivity index (χ4v) is 2.16. The van der Waals surface area contributed by atoms with Gasteiger partial charge in [0.25, 0.3) is 0 Å². The third-order valence-corrected chi connectivity index (χ3v) is 3.38. The zero-order chi connectivity index (χ0) is 16.8. The van der Waals surface area contributed by atoms with Gasteiger partial charge in [0.1, 0.15) is 5.75 Å². The Morgan fingerprint density at radius 1 is 0.957 bits per heavy atom. The van der Waals surface area contributed by atoms with Crippen molar-refractivity contribution in [2.75, 3.05) is 27.1 Å². The van der Waals surface area contributed by atoms with Crippen molar-refractivity contribution in [1.29, 1.82) is 0 Å².